The molecule has 1 aromatic carbocycles. The zero-order valence-electron chi connectivity index (χ0n) is 12.5. The van der Waals surface area contributed by atoms with Gasteiger partial charge in [0.15, 0.2) is 17.6 Å². The van der Waals surface area contributed by atoms with Crippen molar-refractivity contribution in [2.24, 2.45) is 0 Å². The van der Waals surface area contributed by atoms with Gasteiger partial charge in [0.2, 0.25) is 0 Å². The van der Waals surface area contributed by atoms with Gasteiger partial charge < -0.3 is 24.6 Å². The Morgan fingerprint density at radius 2 is 2.05 bits per heavy atom. The fraction of sp³-hybridized carbons (Fsp3) is 0.429. The van der Waals surface area contributed by atoms with E-state index in [1.54, 1.807) is 6.92 Å². The lowest BCUT2D eigenvalue weighted by molar-refractivity contribution is -0.148. The van der Waals surface area contributed by atoms with Gasteiger partial charge in [-0.25, -0.2) is 4.79 Å². The van der Waals surface area contributed by atoms with Crippen LogP contribution in [0.1, 0.15) is 17.3 Å². The number of hydrogen-bond acceptors (Lipinski definition) is 5. The number of ether oxygens (including phenoxy) is 3. The lowest BCUT2D eigenvalue weighted by Crippen LogP contribution is -2.37. The number of aliphatic carboxylic acids is 1. The van der Waals surface area contributed by atoms with Gasteiger partial charge in [-0.05, 0) is 19.1 Å². The number of carbonyl (C=O) groups is 2. The summed E-state index contributed by atoms with van der Waals surface area (Å²) >= 11 is 6.07. The van der Waals surface area contributed by atoms with Crippen LogP contribution in [-0.4, -0.2) is 50.5 Å². The van der Waals surface area contributed by atoms with E-state index < -0.39 is 18.0 Å². The molecule has 0 radical (unpaired) electrons. The molecular formula is C14H18ClNO6. The van der Waals surface area contributed by atoms with Crippen molar-refractivity contribution in [3.8, 4) is 11.5 Å². The number of benzene rings is 1. The Bertz CT molecular complexity index is 548. The first-order valence-electron chi connectivity index (χ1n) is 6.48. The Morgan fingerprint density at radius 1 is 1.36 bits per heavy atom. The Balaban J connectivity index is 2.90. The summed E-state index contributed by atoms with van der Waals surface area (Å²) < 4.78 is 15.2. The van der Waals surface area contributed by atoms with E-state index in [0.29, 0.717) is 18.1 Å². The summed E-state index contributed by atoms with van der Waals surface area (Å²) in [5.41, 5.74) is 0.227. The maximum absolute atomic E-state index is 12.1. The van der Waals surface area contributed by atoms with Crippen LogP contribution in [0.25, 0.3) is 0 Å². The first-order valence-corrected chi connectivity index (χ1v) is 6.86. The number of carboxylic acids is 1. The van der Waals surface area contributed by atoms with Crippen LogP contribution in [0.4, 0.5) is 0 Å². The zero-order valence-corrected chi connectivity index (χ0v) is 13.3. The lowest BCUT2D eigenvalue weighted by Gasteiger charge is -2.14. The van der Waals surface area contributed by atoms with Crippen LogP contribution in [0, 0.1) is 0 Å². The molecule has 1 atom stereocenters. The third-order valence-corrected chi connectivity index (χ3v) is 3.07. The molecule has 0 aromatic heterocycles. The third-order valence-electron chi connectivity index (χ3n) is 2.79. The minimum atomic E-state index is -1.16. The number of hydrogen-bond donors (Lipinski definition) is 2. The molecule has 0 saturated heterocycles. The van der Waals surface area contributed by atoms with Crippen LogP contribution in [0.2, 0.25) is 5.02 Å². The number of rotatable bonds is 8. The van der Waals surface area contributed by atoms with Crippen molar-refractivity contribution >= 4 is 23.5 Å². The smallest absolute Gasteiger partial charge is 0.334 e. The van der Waals surface area contributed by atoms with Gasteiger partial charge in [0.1, 0.15) is 0 Å². The molecule has 0 aliphatic heterocycles. The second kappa shape index (κ2) is 8.45. The molecule has 122 valence electrons. The van der Waals surface area contributed by atoms with Crippen molar-refractivity contribution in [3.05, 3.63) is 22.7 Å². The van der Waals surface area contributed by atoms with Gasteiger partial charge in [0.25, 0.3) is 5.91 Å². The van der Waals surface area contributed by atoms with Gasteiger partial charge >= 0.3 is 5.97 Å². The highest BCUT2D eigenvalue weighted by molar-refractivity contribution is 6.32. The average molecular weight is 332 g/mol. The maximum atomic E-state index is 12.1. The Morgan fingerprint density at radius 3 is 2.55 bits per heavy atom. The summed E-state index contributed by atoms with van der Waals surface area (Å²) in [6.45, 7) is 2.03. The molecule has 7 nitrogen and oxygen atoms in total. The molecule has 0 spiro atoms. The van der Waals surface area contributed by atoms with Crippen molar-refractivity contribution in [2.75, 3.05) is 27.4 Å². The largest absolute Gasteiger partial charge is 0.493 e. The second-order valence-electron chi connectivity index (χ2n) is 4.20. The molecule has 0 bridgehead atoms. The van der Waals surface area contributed by atoms with Gasteiger partial charge in [-0.1, -0.05) is 11.6 Å². The molecule has 0 aliphatic carbocycles. The zero-order chi connectivity index (χ0) is 16.7. The Kier molecular flexibility index (Phi) is 6.94. The lowest BCUT2D eigenvalue weighted by atomic mass is 10.2. The maximum Gasteiger partial charge on any atom is 0.334 e. The number of halogens is 1. The quantitative estimate of drug-likeness (QED) is 0.751. The number of methoxy groups -OCH3 is 2. The Labute approximate surface area is 133 Å². The Hall–Kier alpha value is -1.99. The minimum absolute atomic E-state index is 0.169. The van der Waals surface area contributed by atoms with Gasteiger partial charge in [0, 0.05) is 12.7 Å². The average Bonchev–Trinajstić information content (AvgIpc) is 2.49. The third kappa shape index (κ3) is 4.51. The monoisotopic (exact) mass is 331 g/mol. The first kappa shape index (κ1) is 18.1. The second-order valence-corrected chi connectivity index (χ2v) is 4.60. The molecule has 2 N–H and O–H groups in total. The van der Waals surface area contributed by atoms with Crippen molar-refractivity contribution in [1.29, 1.82) is 0 Å². The number of nitrogens with one attached hydrogen (secondary N) is 1. The van der Waals surface area contributed by atoms with E-state index >= 15 is 0 Å². The normalized spacial score (nSPS) is 11.6. The van der Waals surface area contributed by atoms with Gasteiger partial charge in [-0.15, -0.1) is 0 Å². The molecule has 0 saturated carbocycles. The predicted molar refractivity (Wildman–Crippen MR) is 79.9 cm³/mol. The van der Waals surface area contributed by atoms with Crippen LogP contribution < -0.4 is 14.8 Å². The van der Waals surface area contributed by atoms with E-state index in [9.17, 15) is 9.59 Å². The SMILES string of the molecule is CCOc1c(Cl)cc(C(=O)NCC(OC)C(=O)O)cc1OC. The van der Waals surface area contributed by atoms with E-state index in [2.05, 4.69) is 5.32 Å². The molecule has 1 rings (SSSR count). The first-order chi connectivity index (χ1) is 10.4. The fourth-order valence-electron chi connectivity index (χ4n) is 1.69. The van der Waals surface area contributed by atoms with Crippen LogP contribution >= 0.6 is 11.6 Å². The van der Waals surface area contributed by atoms with E-state index in [4.69, 9.17) is 30.9 Å². The molecule has 22 heavy (non-hydrogen) atoms. The van der Waals surface area contributed by atoms with Crippen molar-refractivity contribution in [1.82, 2.24) is 5.32 Å². The summed E-state index contributed by atoms with van der Waals surface area (Å²) in [7, 11) is 2.68. The topological polar surface area (TPSA) is 94.1 Å². The summed E-state index contributed by atoms with van der Waals surface area (Å²) in [4.78, 5) is 22.9. The van der Waals surface area contributed by atoms with Crippen molar-refractivity contribution in [3.63, 3.8) is 0 Å². The summed E-state index contributed by atoms with van der Waals surface area (Å²) in [5, 5.41) is 11.5. The highest BCUT2D eigenvalue weighted by Crippen LogP contribution is 2.36. The minimum Gasteiger partial charge on any atom is -0.493 e. The fourth-order valence-corrected chi connectivity index (χ4v) is 1.96. The molecule has 1 amide bonds. The highest BCUT2D eigenvalue weighted by Gasteiger charge is 2.19. The van der Waals surface area contributed by atoms with Gasteiger partial charge in [-0.3, -0.25) is 4.79 Å². The molecule has 0 heterocycles. The van der Waals surface area contributed by atoms with Crippen LogP contribution in [0.3, 0.4) is 0 Å². The molecule has 0 fully saturated rings. The van der Waals surface area contributed by atoms with Crippen LogP contribution in [0.15, 0.2) is 12.1 Å². The van der Waals surface area contributed by atoms with Crippen LogP contribution in [0.5, 0.6) is 11.5 Å². The number of carboxylic acid groups (broad SMARTS) is 1. The molecular weight excluding hydrogens is 314 g/mol. The van der Waals surface area contributed by atoms with Crippen molar-refractivity contribution < 1.29 is 28.9 Å². The van der Waals surface area contributed by atoms with E-state index in [1.165, 1.54) is 26.4 Å². The van der Waals surface area contributed by atoms with Gasteiger partial charge in [0.05, 0.1) is 25.3 Å². The summed E-state index contributed by atoms with van der Waals surface area (Å²) in [5.74, 6) is -0.985. The van der Waals surface area contributed by atoms with Crippen LogP contribution in [-0.2, 0) is 9.53 Å². The number of carbonyl (C=O) groups excluding carboxylic acids is 1. The van der Waals surface area contributed by atoms with E-state index in [1.807, 2.05) is 0 Å². The van der Waals surface area contributed by atoms with E-state index in [0.717, 1.165) is 0 Å². The standard InChI is InChI=1S/C14H18ClNO6/c1-4-22-12-9(15)5-8(6-10(12)20-2)13(17)16-7-11(21-3)14(18)19/h5-6,11H,4,7H2,1-3H3,(H,16,17)(H,18,19). The van der Waals surface area contributed by atoms with E-state index in [-0.39, 0.29) is 17.1 Å². The molecule has 8 heteroatoms. The molecule has 1 unspecified atom stereocenters. The van der Waals surface area contributed by atoms with Crippen molar-refractivity contribution in [2.45, 2.75) is 13.0 Å². The summed E-state index contributed by atoms with van der Waals surface area (Å²) in [6, 6.07) is 2.89. The molecule has 1 aromatic rings. The summed E-state index contributed by atoms with van der Waals surface area (Å²) in [6.07, 6.45) is -1.12. The predicted octanol–water partition coefficient (Wildman–Crippen LogP) is 1.58. The van der Waals surface area contributed by atoms with Gasteiger partial charge in [-0.2, -0.15) is 0 Å². The molecule has 0 aliphatic rings. The number of amides is 1. The highest BCUT2D eigenvalue weighted by atomic mass is 35.5.